The second-order valence-corrected chi connectivity index (χ2v) is 5.28. The lowest BCUT2D eigenvalue weighted by molar-refractivity contribution is 0.0376. The summed E-state index contributed by atoms with van der Waals surface area (Å²) >= 11 is 0. The molecule has 1 saturated heterocycles. The van der Waals surface area contributed by atoms with E-state index in [-0.39, 0.29) is 0 Å². The molecule has 1 unspecified atom stereocenters. The Labute approximate surface area is 107 Å². The molecule has 1 fully saturated rings. The van der Waals surface area contributed by atoms with E-state index >= 15 is 0 Å². The first-order valence-corrected chi connectivity index (χ1v) is 7.19. The quantitative estimate of drug-likeness (QED) is 0.741. The molecular weight excluding hydrogens is 212 g/mol. The molecule has 1 heterocycles. The molecule has 1 rings (SSSR count). The number of hydrogen-bond acceptors (Lipinski definition) is 3. The van der Waals surface area contributed by atoms with Gasteiger partial charge in [-0.3, -0.25) is 4.90 Å². The molecular formula is C14H30N2O. The lowest BCUT2D eigenvalue weighted by Gasteiger charge is -2.46. The first kappa shape index (κ1) is 14.9. The first-order chi connectivity index (χ1) is 8.21. The van der Waals surface area contributed by atoms with Crippen LogP contribution in [0.15, 0.2) is 0 Å². The molecule has 0 amide bonds. The Morgan fingerprint density at radius 1 is 1.29 bits per heavy atom. The van der Waals surface area contributed by atoms with E-state index in [9.17, 15) is 0 Å². The third-order valence-electron chi connectivity index (χ3n) is 4.26. The summed E-state index contributed by atoms with van der Waals surface area (Å²) in [5.74, 6) is 0. The zero-order valence-electron chi connectivity index (χ0n) is 12.1. The molecule has 102 valence electrons. The van der Waals surface area contributed by atoms with E-state index in [1.54, 1.807) is 0 Å². The maximum absolute atomic E-state index is 5.38. The molecule has 0 saturated carbocycles. The monoisotopic (exact) mass is 242 g/mol. The van der Waals surface area contributed by atoms with Gasteiger partial charge in [-0.1, -0.05) is 27.2 Å². The predicted molar refractivity (Wildman–Crippen MR) is 73.5 cm³/mol. The Morgan fingerprint density at radius 2 is 2.00 bits per heavy atom. The van der Waals surface area contributed by atoms with Crippen LogP contribution in [-0.2, 0) is 4.74 Å². The van der Waals surface area contributed by atoms with Gasteiger partial charge in [0.15, 0.2) is 0 Å². The van der Waals surface area contributed by atoms with Crippen molar-refractivity contribution < 1.29 is 4.74 Å². The summed E-state index contributed by atoms with van der Waals surface area (Å²) in [4.78, 5) is 2.64. The van der Waals surface area contributed by atoms with Gasteiger partial charge in [-0.2, -0.15) is 0 Å². The normalized spacial score (nSPS) is 22.6. The molecule has 0 radical (unpaired) electrons. The van der Waals surface area contributed by atoms with Crippen LogP contribution in [0.5, 0.6) is 0 Å². The molecule has 0 aliphatic carbocycles. The summed E-state index contributed by atoms with van der Waals surface area (Å²) in [5, 5.41) is 3.72. The fourth-order valence-electron chi connectivity index (χ4n) is 2.92. The molecule has 3 heteroatoms. The highest BCUT2D eigenvalue weighted by atomic mass is 16.5. The van der Waals surface area contributed by atoms with Crippen LogP contribution < -0.4 is 5.32 Å². The number of nitrogens with zero attached hydrogens (tertiary/aromatic N) is 1. The standard InChI is InChI=1S/C14H30N2O/c1-5-8-13(11-17-4)16-10-9-15-14(6-2,7-3)12-16/h13,15H,5-12H2,1-4H3. The van der Waals surface area contributed by atoms with Gasteiger partial charge < -0.3 is 10.1 Å². The van der Waals surface area contributed by atoms with Crippen LogP contribution >= 0.6 is 0 Å². The zero-order valence-corrected chi connectivity index (χ0v) is 12.1. The summed E-state index contributed by atoms with van der Waals surface area (Å²) in [6, 6.07) is 0.601. The van der Waals surface area contributed by atoms with Crippen LogP contribution in [-0.4, -0.2) is 49.8 Å². The van der Waals surface area contributed by atoms with Crippen molar-refractivity contribution in [1.29, 1.82) is 0 Å². The van der Waals surface area contributed by atoms with Crippen LogP contribution in [0.4, 0.5) is 0 Å². The van der Waals surface area contributed by atoms with E-state index in [4.69, 9.17) is 4.74 Å². The van der Waals surface area contributed by atoms with Gasteiger partial charge in [0.1, 0.15) is 0 Å². The average molecular weight is 242 g/mol. The van der Waals surface area contributed by atoms with Crippen molar-refractivity contribution in [3.8, 4) is 0 Å². The fourth-order valence-corrected chi connectivity index (χ4v) is 2.92. The van der Waals surface area contributed by atoms with E-state index in [1.807, 2.05) is 7.11 Å². The van der Waals surface area contributed by atoms with Gasteiger partial charge in [-0.15, -0.1) is 0 Å². The van der Waals surface area contributed by atoms with Gasteiger partial charge in [0.25, 0.3) is 0 Å². The van der Waals surface area contributed by atoms with Crippen molar-refractivity contribution in [2.75, 3.05) is 33.4 Å². The van der Waals surface area contributed by atoms with E-state index < -0.39 is 0 Å². The Balaban J connectivity index is 2.62. The maximum atomic E-state index is 5.38. The van der Waals surface area contributed by atoms with Crippen molar-refractivity contribution in [2.45, 2.75) is 58.0 Å². The summed E-state index contributed by atoms with van der Waals surface area (Å²) in [7, 11) is 1.82. The molecule has 1 aliphatic rings. The van der Waals surface area contributed by atoms with Crippen LogP contribution in [0, 0.1) is 0 Å². The summed E-state index contributed by atoms with van der Waals surface area (Å²) in [6.07, 6.45) is 4.91. The predicted octanol–water partition coefficient (Wildman–Crippen LogP) is 2.27. The Kier molecular flexibility index (Phi) is 6.45. The van der Waals surface area contributed by atoms with Crippen LogP contribution in [0.2, 0.25) is 0 Å². The van der Waals surface area contributed by atoms with Gasteiger partial charge in [0, 0.05) is 38.3 Å². The first-order valence-electron chi connectivity index (χ1n) is 7.19. The smallest absolute Gasteiger partial charge is 0.0618 e. The average Bonchev–Trinajstić information content (AvgIpc) is 2.38. The second kappa shape index (κ2) is 7.34. The number of piperazine rings is 1. The van der Waals surface area contributed by atoms with E-state index in [0.717, 1.165) is 19.7 Å². The minimum absolute atomic E-state index is 0.331. The molecule has 1 atom stereocenters. The van der Waals surface area contributed by atoms with Gasteiger partial charge in [0.2, 0.25) is 0 Å². The van der Waals surface area contributed by atoms with Crippen molar-refractivity contribution in [1.82, 2.24) is 10.2 Å². The van der Waals surface area contributed by atoms with Crippen molar-refractivity contribution in [2.24, 2.45) is 0 Å². The number of methoxy groups -OCH3 is 1. The van der Waals surface area contributed by atoms with Gasteiger partial charge in [0.05, 0.1) is 6.61 Å². The largest absolute Gasteiger partial charge is 0.383 e. The van der Waals surface area contributed by atoms with Crippen LogP contribution in [0.25, 0.3) is 0 Å². The summed E-state index contributed by atoms with van der Waals surface area (Å²) < 4.78 is 5.38. The third-order valence-corrected chi connectivity index (χ3v) is 4.26. The molecule has 0 aromatic rings. The Bertz CT molecular complexity index is 198. The van der Waals surface area contributed by atoms with Gasteiger partial charge >= 0.3 is 0 Å². The van der Waals surface area contributed by atoms with Crippen LogP contribution in [0.1, 0.15) is 46.5 Å². The van der Waals surface area contributed by atoms with Crippen molar-refractivity contribution in [3.63, 3.8) is 0 Å². The molecule has 3 nitrogen and oxygen atoms in total. The van der Waals surface area contributed by atoms with Crippen molar-refractivity contribution >= 4 is 0 Å². The Hall–Kier alpha value is -0.120. The van der Waals surface area contributed by atoms with Gasteiger partial charge in [-0.05, 0) is 19.3 Å². The SMILES string of the molecule is CCCC(COC)N1CCNC(CC)(CC)C1. The molecule has 17 heavy (non-hydrogen) atoms. The highest BCUT2D eigenvalue weighted by Crippen LogP contribution is 2.22. The highest BCUT2D eigenvalue weighted by Gasteiger charge is 2.34. The van der Waals surface area contributed by atoms with Crippen LogP contribution in [0.3, 0.4) is 0 Å². The van der Waals surface area contributed by atoms with E-state index in [1.165, 1.54) is 32.2 Å². The highest BCUT2D eigenvalue weighted by molar-refractivity contribution is 4.94. The Morgan fingerprint density at radius 3 is 2.53 bits per heavy atom. The molecule has 0 aromatic carbocycles. The molecule has 0 bridgehead atoms. The summed E-state index contributed by atoms with van der Waals surface area (Å²) in [5.41, 5.74) is 0.331. The molecule has 0 aromatic heterocycles. The minimum Gasteiger partial charge on any atom is -0.383 e. The number of nitrogens with one attached hydrogen (secondary N) is 1. The number of hydrogen-bond donors (Lipinski definition) is 1. The number of ether oxygens (including phenoxy) is 1. The molecule has 1 N–H and O–H groups in total. The van der Waals surface area contributed by atoms with E-state index in [0.29, 0.717) is 11.6 Å². The zero-order chi connectivity index (χ0) is 12.7. The maximum Gasteiger partial charge on any atom is 0.0618 e. The summed E-state index contributed by atoms with van der Waals surface area (Å²) in [6.45, 7) is 11.2. The van der Waals surface area contributed by atoms with Gasteiger partial charge in [-0.25, -0.2) is 0 Å². The third kappa shape index (κ3) is 3.94. The lowest BCUT2D eigenvalue weighted by atomic mass is 9.89. The molecule has 0 spiro atoms. The molecule has 1 aliphatic heterocycles. The fraction of sp³-hybridized carbons (Fsp3) is 1.00. The van der Waals surface area contributed by atoms with E-state index in [2.05, 4.69) is 31.0 Å². The topological polar surface area (TPSA) is 24.5 Å². The second-order valence-electron chi connectivity index (χ2n) is 5.28. The lowest BCUT2D eigenvalue weighted by Crippen LogP contribution is -2.62. The minimum atomic E-state index is 0.331. The van der Waals surface area contributed by atoms with Crippen molar-refractivity contribution in [3.05, 3.63) is 0 Å². The number of rotatable bonds is 7.